The number of tetrazole rings is 1. The summed E-state index contributed by atoms with van der Waals surface area (Å²) in [5.41, 5.74) is 5.77. The number of nitrogens with one attached hydrogen (secondary N) is 2. The van der Waals surface area contributed by atoms with Gasteiger partial charge in [-0.15, -0.1) is 5.10 Å². The number of furan rings is 1. The highest BCUT2D eigenvalue weighted by atomic mass is 16.3. The van der Waals surface area contributed by atoms with E-state index >= 15 is 0 Å². The zero-order chi connectivity index (χ0) is 21.6. The largest absolute Gasteiger partial charge is 0.459 e. The van der Waals surface area contributed by atoms with E-state index in [0.717, 1.165) is 11.3 Å². The fourth-order valence-corrected chi connectivity index (χ4v) is 2.70. The Labute approximate surface area is 176 Å². The van der Waals surface area contributed by atoms with Gasteiger partial charge in [-0.05, 0) is 71.4 Å². The van der Waals surface area contributed by atoms with E-state index in [9.17, 15) is 9.59 Å². The van der Waals surface area contributed by atoms with Crippen molar-refractivity contribution >= 4 is 23.2 Å². The smallest absolute Gasteiger partial charge is 0.291 e. The SMILES string of the molecule is C/C(=N\NC(=O)c1ccc(NC(=O)c2ccco2)cc1)c1ccc(-n2cnnn2)cc1. The second-order valence-corrected chi connectivity index (χ2v) is 6.45. The summed E-state index contributed by atoms with van der Waals surface area (Å²) in [6.07, 6.45) is 2.93. The molecule has 0 radical (unpaired) electrons. The lowest BCUT2D eigenvalue weighted by Gasteiger charge is -2.06. The second-order valence-electron chi connectivity index (χ2n) is 6.45. The summed E-state index contributed by atoms with van der Waals surface area (Å²) < 4.78 is 6.59. The van der Waals surface area contributed by atoms with E-state index < -0.39 is 0 Å². The molecule has 10 heteroatoms. The van der Waals surface area contributed by atoms with Crippen LogP contribution < -0.4 is 10.7 Å². The standard InChI is InChI=1S/C21H17N7O3/c1-14(15-6-10-18(11-7-15)28-13-22-26-27-28)24-25-20(29)16-4-8-17(9-5-16)23-21(30)19-3-2-12-31-19/h2-13H,1H3,(H,23,30)(H,25,29)/b24-14+. The first-order valence-electron chi connectivity index (χ1n) is 9.23. The van der Waals surface area contributed by atoms with Crippen molar-refractivity contribution in [3.63, 3.8) is 0 Å². The highest BCUT2D eigenvalue weighted by Gasteiger charge is 2.10. The van der Waals surface area contributed by atoms with E-state index in [-0.39, 0.29) is 17.6 Å². The third-order valence-corrected chi connectivity index (χ3v) is 4.37. The molecule has 2 heterocycles. The molecule has 154 valence electrons. The molecule has 4 rings (SSSR count). The van der Waals surface area contributed by atoms with Crippen LogP contribution in [0.15, 0.2) is 82.8 Å². The number of amides is 2. The molecular formula is C21H17N7O3. The minimum atomic E-state index is -0.367. The topological polar surface area (TPSA) is 127 Å². The number of hydrogen-bond donors (Lipinski definition) is 2. The second kappa shape index (κ2) is 8.82. The van der Waals surface area contributed by atoms with Gasteiger partial charge in [-0.25, -0.2) is 10.1 Å². The van der Waals surface area contributed by atoms with E-state index in [1.54, 1.807) is 48.0 Å². The molecule has 0 fully saturated rings. The Hall–Kier alpha value is -4.60. The lowest BCUT2D eigenvalue weighted by atomic mass is 10.1. The maximum atomic E-state index is 12.4. The molecule has 2 N–H and O–H groups in total. The lowest BCUT2D eigenvalue weighted by Crippen LogP contribution is -2.19. The van der Waals surface area contributed by atoms with Crippen molar-refractivity contribution in [1.29, 1.82) is 0 Å². The van der Waals surface area contributed by atoms with Gasteiger partial charge in [0.05, 0.1) is 17.7 Å². The van der Waals surface area contributed by atoms with Gasteiger partial charge in [0.2, 0.25) is 0 Å². The van der Waals surface area contributed by atoms with E-state index in [1.807, 2.05) is 24.3 Å². The molecule has 0 aliphatic rings. The molecular weight excluding hydrogens is 398 g/mol. The third kappa shape index (κ3) is 4.70. The van der Waals surface area contributed by atoms with Gasteiger partial charge in [0.1, 0.15) is 6.33 Å². The Bertz CT molecular complexity index is 1200. The highest BCUT2D eigenvalue weighted by molar-refractivity contribution is 6.03. The molecule has 0 aliphatic carbocycles. The van der Waals surface area contributed by atoms with E-state index in [1.165, 1.54) is 12.6 Å². The monoisotopic (exact) mass is 415 g/mol. The Morgan fingerprint density at radius 1 is 0.968 bits per heavy atom. The van der Waals surface area contributed by atoms with Crippen LogP contribution in [0.1, 0.15) is 33.4 Å². The van der Waals surface area contributed by atoms with Gasteiger partial charge in [-0.3, -0.25) is 9.59 Å². The number of carbonyl (C=O) groups excluding carboxylic acids is 2. The van der Waals surface area contributed by atoms with Crippen LogP contribution in [0.2, 0.25) is 0 Å². The molecule has 2 amide bonds. The fourth-order valence-electron chi connectivity index (χ4n) is 2.70. The molecule has 0 saturated heterocycles. The Balaban J connectivity index is 1.36. The van der Waals surface area contributed by atoms with Gasteiger partial charge in [0.15, 0.2) is 5.76 Å². The molecule has 0 saturated carbocycles. The van der Waals surface area contributed by atoms with Gasteiger partial charge in [-0.2, -0.15) is 5.10 Å². The Kier molecular flexibility index (Phi) is 5.61. The van der Waals surface area contributed by atoms with Crippen molar-refractivity contribution in [3.05, 3.63) is 90.1 Å². The molecule has 10 nitrogen and oxygen atoms in total. The van der Waals surface area contributed by atoms with E-state index in [2.05, 4.69) is 31.4 Å². The van der Waals surface area contributed by atoms with Crippen LogP contribution in [-0.2, 0) is 0 Å². The predicted molar refractivity (Wildman–Crippen MR) is 112 cm³/mol. The minimum absolute atomic E-state index is 0.206. The average Bonchev–Trinajstić information content (AvgIpc) is 3.52. The zero-order valence-electron chi connectivity index (χ0n) is 16.4. The van der Waals surface area contributed by atoms with Crippen LogP contribution in [0.4, 0.5) is 5.69 Å². The van der Waals surface area contributed by atoms with Crippen LogP contribution in [0, 0.1) is 0 Å². The number of nitrogens with zero attached hydrogens (tertiary/aromatic N) is 5. The van der Waals surface area contributed by atoms with Crippen molar-refractivity contribution in [1.82, 2.24) is 25.6 Å². The number of aromatic nitrogens is 4. The molecule has 0 atom stereocenters. The summed E-state index contributed by atoms with van der Waals surface area (Å²) >= 11 is 0. The number of anilines is 1. The number of benzene rings is 2. The summed E-state index contributed by atoms with van der Waals surface area (Å²) in [7, 11) is 0. The van der Waals surface area contributed by atoms with Gasteiger partial charge in [0, 0.05) is 11.3 Å². The van der Waals surface area contributed by atoms with Crippen molar-refractivity contribution in [2.45, 2.75) is 6.92 Å². The summed E-state index contributed by atoms with van der Waals surface area (Å²) in [6, 6.07) is 17.1. The van der Waals surface area contributed by atoms with Crippen LogP contribution in [0.5, 0.6) is 0 Å². The van der Waals surface area contributed by atoms with Crippen LogP contribution in [0.25, 0.3) is 5.69 Å². The quantitative estimate of drug-likeness (QED) is 0.368. The molecule has 0 bridgehead atoms. The van der Waals surface area contributed by atoms with Crippen LogP contribution in [0.3, 0.4) is 0 Å². The Morgan fingerprint density at radius 2 is 1.71 bits per heavy atom. The van der Waals surface area contributed by atoms with Gasteiger partial charge >= 0.3 is 0 Å². The summed E-state index contributed by atoms with van der Waals surface area (Å²) in [5, 5.41) is 17.9. The first-order valence-corrected chi connectivity index (χ1v) is 9.23. The van der Waals surface area contributed by atoms with Gasteiger partial charge in [0.25, 0.3) is 11.8 Å². The van der Waals surface area contributed by atoms with Crippen LogP contribution in [-0.4, -0.2) is 37.7 Å². The van der Waals surface area contributed by atoms with Crippen molar-refractivity contribution in [3.8, 4) is 5.69 Å². The maximum absolute atomic E-state index is 12.4. The summed E-state index contributed by atoms with van der Waals surface area (Å²) in [4.78, 5) is 24.3. The number of carbonyl (C=O) groups is 2. The molecule has 2 aromatic heterocycles. The molecule has 0 spiro atoms. The highest BCUT2D eigenvalue weighted by Crippen LogP contribution is 2.12. The maximum Gasteiger partial charge on any atom is 0.291 e. The molecule has 2 aromatic carbocycles. The summed E-state index contributed by atoms with van der Waals surface area (Å²) in [5.74, 6) is -0.528. The van der Waals surface area contributed by atoms with Crippen molar-refractivity contribution in [2.24, 2.45) is 5.10 Å². The molecule has 0 aliphatic heterocycles. The lowest BCUT2D eigenvalue weighted by molar-refractivity contribution is 0.0954. The van der Waals surface area contributed by atoms with Gasteiger partial charge < -0.3 is 9.73 Å². The predicted octanol–water partition coefficient (Wildman–Crippen LogP) is 2.66. The third-order valence-electron chi connectivity index (χ3n) is 4.37. The van der Waals surface area contributed by atoms with Crippen molar-refractivity contribution in [2.75, 3.05) is 5.32 Å². The molecule has 4 aromatic rings. The van der Waals surface area contributed by atoms with Crippen LogP contribution >= 0.6 is 0 Å². The number of hydrazone groups is 1. The molecule has 0 unspecified atom stereocenters. The van der Waals surface area contributed by atoms with E-state index in [4.69, 9.17) is 4.42 Å². The fraction of sp³-hybridized carbons (Fsp3) is 0.0476. The van der Waals surface area contributed by atoms with Gasteiger partial charge in [-0.1, -0.05) is 12.1 Å². The molecule has 31 heavy (non-hydrogen) atoms. The minimum Gasteiger partial charge on any atom is -0.459 e. The zero-order valence-corrected chi connectivity index (χ0v) is 16.4. The Morgan fingerprint density at radius 3 is 2.35 bits per heavy atom. The normalized spacial score (nSPS) is 11.2. The first-order chi connectivity index (χ1) is 15.1. The summed E-state index contributed by atoms with van der Waals surface area (Å²) in [6.45, 7) is 1.79. The number of hydrogen-bond acceptors (Lipinski definition) is 7. The number of rotatable bonds is 6. The average molecular weight is 415 g/mol. The first kappa shape index (κ1) is 19.7. The van der Waals surface area contributed by atoms with Crippen molar-refractivity contribution < 1.29 is 14.0 Å². The van der Waals surface area contributed by atoms with E-state index in [0.29, 0.717) is 17.0 Å².